The van der Waals surface area contributed by atoms with Crippen molar-refractivity contribution >= 4 is 33.2 Å². The molecule has 0 unspecified atom stereocenters. The predicted octanol–water partition coefficient (Wildman–Crippen LogP) is 3.63. The standard InChI is InChI=1S/C23H27N3O4S/c27-22-9-6-16-26(22)20-12-10-19(11-13-20)24-23(28)18-7-5-8-21(17-18)31(29,30)25-14-3-1-2-4-15-25/h5,7-8,10-13,17H,1-4,6,9,14-16H2,(H,24,28). The molecule has 2 aromatic carbocycles. The number of nitrogens with zero attached hydrogens (tertiary/aromatic N) is 2. The highest BCUT2D eigenvalue weighted by molar-refractivity contribution is 7.89. The fraction of sp³-hybridized carbons (Fsp3) is 0.391. The van der Waals surface area contributed by atoms with Gasteiger partial charge in [-0.15, -0.1) is 0 Å². The van der Waals surface area contributed by atoms with Crippen molar-refractivity contribution in [2.75, 3.05) is 29.9 Å². The van der Waals surface area contributed by atoms with Crippen molar-refractivity contribution in [3.05, 3.63) is 54.1 Å². The van der Waals surface area contributed by atoms with E-state index in [0.717, 1.165) is 37.8 Å². The molecule has 0 spiro atoms. The van der Waals surface area contributed by atoms with Crippen LogP contribution in [0.15, 0.2) is 53.4 Å². The Bertz CT molecular complexity index is 1060. The van der Waals surface area contributed by atoms with Crippen molar-refractivity contribution < 1.29 is 18.0 Å². The van der Waals surface area contributed by atoms with Crippen LogP contribution in [-0.4, -0.2) is 44.2 Å². The van der Waals surface area contributed by atoms with Gasteiger partial charge in [-0.05, 0) is 61.7 Å². The second-order valence-corrected chi connectivity index (χ2v) is 9.93. The Kier molecular flexibility index (Phi) is 6.38. The molecule has 164 valence electrons. The Morgan fingerprint density at radius 3 is 2.23 bits per heavy atom. The molecule has 7 nitrogen and oxygen atoms in total. The number of carbonyl (C=O) groups excluding carboxylic acids is 2. The molecule has 2 fully saturated rings. The van der Waals surface area contributed by atoms with Crippen LogP contribution in [0.5, 0.6) is 0 Å². The zero-order valence-corrected chi connectivity index (χ0v) is 18.2. The first kappa shape index (κ1) is 21.5. The third-order valence-electron chi connectivity index (χ3n) is 5.81. The summed E-state index contributed by atoms with van der Waals surface area (Å²) in [6.07, 6.45) is 5.22. The number of hydrogen-bond acceptors (Lipinski definition) is 4. The van der Waals surface area contributed by atoms with E-state index in [9.17, 15) is 18.0 Å². The van der Waals surface area contributed by atoms with Crippen LogP contribution in [0.4, 0.5) is 11.4 Å². The predicted molar refractivity (Wildman–Crippen MR) is 120 cm³/mol. The van der Waals surface area contributed by atoms with Crippen LogP contribution in [0.2, 0.25) is 0 Å². The van der Waals surface area contributed by atoms with Gasteiger partial charge in [-0.3, -0.25) is 9.59 Å². The molecule has 0 aliphatic carbocycles. The molecule has 0 aromatic heterocycles. The molecule has 31 heavy (non-hydrogen) atoms. The molecule has 4 rings (SSSR count). The smallest absolute Gasteiger partial charge is 0.255 e. The molecular formula is C23H27N3O4S. The first-order valence-corrected chi connectivity index (χ1v) is 12.2. The van der Waals surface area contributed by atoms with Crippen LogP contribution >= 0.6 is 0 Å². The largest absolute Gasteiger partial charge is 0.322 e. The highest BCUT2D eigenvalue weighted by atomic mass is 32.2. The van der Waals surface area contributed by atoms with Crippen LogP contribution in [0, 0.1) is 0 Å². The van der Waals surface area contributed by atoms with Crippen LogP contribution in [-0.2, 0) is 14.8 Å². The molecular weight excluding hydrogens is 414 g/mol. The minimum Gasteiger partial charge on any atom is -0.322 e. The second-order valence-electron chi connectivity index (χ2n) is 8.00. The summed E-state index contributed by atoms with van der Waals surface area (Å²) in [4.78, 5) is 26.5. The molecule has 2 aliphatic heterocycles. The van der Waals surface area contributed by atoms with Gasteiger partial charge in [0.05, 0.1) is 4.90 Å². The second kappa shape index (κ2) is 9.20. The van der Waals surface area contributed by atoms with E-state index in [4.69, 9.17) is 0 Å². The van der Waals surface area contributed by atoms with Gasteiger partial charge in [0.15, 0.2) is 0 Å². The minimum absolute atomic E-state index is 0.110. The number of rotatable bonds is 5. The van der Waals surface area contributed by atoms with Crippen LogP contribution < -0.4 is 10.2 Å². The lowest BCUT2D eigenvalue weighted by Crippen LogP contribution is -2.32. The summed E-state index contributed by atoms with van der Waals surface area (Å²) in [5, 5.41) is 2.80. The Morgan fingerprint density at radius 1 is 0.871 bits per heavy atom. The first-order chi connectivity index (χ1) is 14.9. The molecule has 0 saturated carbocycles. The third kappa shape index (κ3) is 4.80. The number of amides is 2. The Labute approximate surface area is 183 Å². The molecule has 0 radical (unpaired) electrons. The maximum Gasteiger partial charge on any atom is 0.255 e. The maximum absolute atomic E-state index is 13.0. The average molecular weight is 442 g/mol. The topological polar surface area (TPSA) is 86.8 Å². The van der Waals surface area contributed by atoms with Crippen molar-refractivity contribution in [3.8, 4) is 0 Å². The quantitative estimate of drug-likeness (QED) is 0.768. The molecule has 0 atom stereocenters. The van der Waals surface area contributed by atoms with Gasteiger partial charge in [0, 0.05) is 43.0 Å². The highest BCUT2D eigenvalue weighted by Crippen LogP contribution is 2.24. The van der Waals surface area contributed by atoms with E-state index in [-0.39, 0.29) is 22.3 Å². The number of hydrogen-bond donors (Lipinski definition) is 1. The first-order valence-electron chi connectivity index (χ1n) is 10.8. The lowest BCUT2D eigenvalue weighted by Gasteiger charge is -2.20. The SMILES string of the molecule is O=C(Nc1ccc(N2CCCC2=O)cc1)c1cccc(S(=O)(=O)N2CCCCCC2)c1. The maximum atomic E-state index is 13.0. The fourth-order valence-corrected chi connectivity index (χ4v) is 5.64. The van der Waals surface area contributed by atoms with Gasteiger partial charge in [-0.2, -0.15) is 4.31 Å². The summed E-state index contributed by atoms with van der Waals surface area (Å²) in [6, 6.07) is 13.3. The molecule has 2 aromatic rings. The van der Waals surface area contributed by atoms with Crippen molar-refractivity contribution in [2.45, 2.75) is 43.4 Å². The Morgan fingerprint density at radius 2 is 1.58 bits per heavy atom. The fourth-order valence-electron chi connectivity index (χ4n) is 4.08. The van der Waals surface area contributed by atoms with E-state index in [0.29, 0.717) is 31.7 Å². The number of carbonyl (C=O) groups is 2. The van der Waals surface area contributed by atoms with E-state index in [1.165, 1.54) is 10.4 Å². The van der Waals surface area contributed by atoms with Crippen LogP contribution in [0.3, 0.4) is 0 Å². The van der Waals surface area contributed by atoms with Crippen LogP contribution in [0.25, 0.3) is 0 Å². The summed E-state index contributed by atoms with van der Waals surface area (Å²) >= 11 is 0. The molecule has 0 bridgehead atoms. The van der Waals surface area contributed by atoms with Gasteiger partial charge < -0.3 is 10.2 Å². The third-order valence-corrected chi connectivity index (χ3v) is 7.70. The van der Waals surface area contributed by atoms with E-state index in [1.54, 1.807) is 47.4 Å². The monoisotopic (exact) mass is 441 g/mol. The Balaban J connectivity index is 1.47. The molecule has 2 saturated heterocycles. The molecule has 2 aliphatic rings. The summed E-state index contributed by atoms with van der Waals surface area (Å²) in [7, 11) is -3.62. The van der Waals surface area contributed by atoms with E-state index in [1.807, 2.05) is 0 Å². The van der Waals surface area contributed by atoms with Crippen molar-refractivity contribution in [1.29, 1.82) is 0 Å². The summed E-state index contributed by atoms with van der Waals surface area (Å²) in [5.41, 5.74) is 1.68. The highest BCUT2D eigenvalue weighted by Gasteiger charge is 2.26. The number of benzene rings is 2. The minimum atomic E-state index is -3.62. The molecule has 1 N–H and O–H groups in total. The number of sulfonamides is 1. The molecule has 2 amide bonds. The van der Waals surface area contributed by atoms with E-state index >= 15 is 0 Å². The van der Waals surface area contributed by atoms with E-state index in [2.05, 4.69) is 5.32 Å². The zero-order valence-electron chi connectivity index (χ0n) is 17.4. The van der Waals surface area contributed by atoms with Gasteiger partial charge in [0.1, 0.15) is 0 Å². The van der Waals surface area contributed by atoms with Gasteiger partial charge in [-0.1, -0.05) is 18.9 Å². The van der Waals surface area contributed by atoms with Gasteiger partial charge in [0.25, 0.3) is 5.91 Å². The average Bonchev–Trinajstić information content (AvgIpc) is 3.02. The van der Waals surface area contributed by atoms with Gasteiger partial charge in [-0.25, -0.2) is 8.42 Å². The molecule has 2 heterocycles. The molecule has 8 heteroatoms. The lowest BCUT2D eigenvalue weighted by atomic mass is 10.2. The normalized spacial score (nSPS) is 18.1. The number of nitrogens with one attached hydrogen (secondary N) is 1. The summed E-state index contributed by atoms with van der Waals surface area (Å²) < 4.78 is 27.6. The van der Waals surface area contributed by atoms with Gasteiger partial charge >= 0.3 is 0 Å². The Hall–Kier alpha value is -2.71. The van der Waals surface area contributed by atoms with Crippen molar-refractivity contribution in [3.63, 3.8) is 0 Å². The van der Waals surface area contributed by atoms with Crippen molar-refractivity contribution in [1.82, 2.24) is 4.31 Å². The number of anilines is 2. The zero-order chi connectivity index (χ0) is 21.8. The summed E-state index contributed by atoms with van der Waals surface area (Å²) in [6.45, 7) is 1.75. The van der Waals surface area contributed by atoms with Gasteiger partial charge in [0.2, 0.25) is 15.9 Å². The van der Waals surface area contributed by atoms with Crippen LogP contribution in [0.1, 0.15) is 48.9 Å². The van der Waals surface area contributed by atoms with Crippen molar-refractivity contribution in [2.24, 2.45) is 0 Å². The lowest BCUT2D eigenvalue weighted by molar-refractivity contribution is -0.117. The summed E-state index contributed by atoms with van der Waals surface area (Å²) in [5.74, 6) is -0.267. The van der Waals surface area contributed by atoms with E-state index < -0.39 is 10.0 Å².